The number of rotatable bonds is 8. The number of fused-ring (bicyclic) bond motifs is 1. The number of nitrogens with two attached hydrogens (primary N) is 2. The van der Waals surface area contributed by atoms with Crippen molar-refractivity contribution in [3.8, 4) is 0 Å². The first-order valence-corrected chi connectivity index (χ1v) is 15.7. The van der Waals surface area contributed by atoms with Crippen LogP contribution >= 0.6 is 0 Å². The van der Waals surface area contributed by atoms with Gasteiger partial charge in [0.2, 0.25) is 23.6 Å². The number of ether oxygens (including phenoxy) is 1. The molecule has 4 rings (SSSR count). The van der Waals surface area contributed by atoms with Gasteiger partial charge in [0.25, 0.3) is 0 Å². The maximum Gasteiger partial charge on any atom is 0.245 e. The van der Waals surface area contributed by atoms with Crippen LogP contribution in [0.3, 0.4) is 0 Å². The van der Waals surface area contributed by atoms with Gasteiger partial charge in [0, 0.05) is 58.2 Å². The number of amides is 4. The number of nitrogens with zero attached hydrogens (tertiary/aromatic N) is 2. The number of aliphatic imine (C=N–C) groups is 1. The highest BCUT2D eigenvalue weighted by Crippen LogP contribution is 2.36. The molecular formula is C32H47N7O5. The van der Waals surface area contributed by atoms with Crippen molar-refractivity contribution in [3.63, 3.8) is 0 Å². The molecule has 0 unspecified atom stereocenters. The summed E-state index contributed by atoms with van der Waals surface area (Å²) >= 11 is 0. The number of carbonyl (C=O) groups excluding carboxylic acids is 4. The van der Waals surface area contributed by atoms with Crippen LogP contribution in [0, 0.1) is 11.3 Å². The first kappa shape index (κ1) is 33.0. The summed E-state index contributed by atoms with van der Waals surface area (Å²) in [7, 11) is 0. The van der Waals surface area contributed by atoms with Gasteiger partial charge < -0.3 is 37.1 Å². The van der Waals surface area contributed by atoms with Crippen LogP contribution in [-0.4, -0.2) is 85.5 Å². The number of hydrogen-bond acceptors (Lipinski definition) is 6. The highest BCUT2D eigenvalue weighted by Gasteiger charge is 2.42. The summed E-state index contributed by atoms with van der Waals surface area (Å²) in [5, 5.41) is 9.14. The van der Waals surface area contributed by atoms with Gasteiger partial charge in [-0.25, -0.2) is 0 Å². The monoisotopic (exact) mass is 609 g/mol. The summed E-state index contributed by atoms with van der Waals surface area (Å²) in [6, 6.07) is 8.09. The molecule has 2 saturated heterocycles. The molecule has 0 bridgehead atoms. The Morgan fingerprint density at radius 1 is 1.14 bits per heavy atom. The minimum absolute atomic E-state index is 0.0135. The standard InChI is InChI=1S/C32H47N7O5/c1-22(40)36-26(11-7-16-35-31(33)34)29(42)39-17-12-25-24(21-39)10-5-6-13-32(14-18-44-19-15-32)30(43)38-27(28(41)37-25)20-23-8-3-2-4-9-23/h2-6,8-9,24-27H,7,10-21H2,1H3,(H,36,40)(H,37,41)(H,38,43)(H4,33,34,35)/b6-5+/t24-,25-,26+,27-/m0/s1. The Bertz CT molecular complexity index is 1210. The molecule has 44 heavy (non-hydrogen) atoms. The van der Waals surface area contributed by atoms with Crippen molar-refractivity contribution in [1.82, 2.24) is 20.9 Å². The van der Waals surface area contributed by atoms with Crippen molar-refractivity contribution in [3.05, 3.63) is 48.0 Å². The molecule has 3 aliphatic heterocycles. The van der Waals surface area contributed by atoms with Crippen molar-refractivity contribution >= 4 is 29.6 Å². The summed E-state index contributed by atoms with van der Waals surface area (Å²) in [5.41, 5.74) is 11.2. The van der Waals surface area contributed by atoms with Gasteiger partial charge in [-0.15, -0.1) is 0 Å². The van der Waals surface area contributed by atoms with Crippen molar-refractivity contribution in [2.24, 2.45) is 27.8 Å². The Kier molecular flexibility index (Phi) is 11.8. The molecule has 3 heterocycles. The van der Waals surface area contributed by atoms with E-state index in [1.165, 1.54) is 6.92 Å². The van der Waals surface area contributed by atoms with Crippen LogP contribution in [0.15, 0.2) is 47.5 Å². The topological polar surface area (TPSA) is 181 Å². The molecule has 12 heteroatoms. The van der Waals surface area contributed by atoms with E-state index < -0.39 is 17.5 Å². The number of piperidine rings is 1. The van der Waals surface area contributed by atoms with E-state index in [2.05, 4.69) is 33.1 Å². The maximum atomic E-state index is 13.8. The molecule has 1 aromatic carbocycles. The summed E-state index contributed by atoms with van der Waals surface area (Å²) in [5.74, 6) is -0.816. The van der Waals surface area contributed by atoms with Gasteiger partial charge >= 0.3 is 0 Å². The van der Waals surface area contributed by atoms with Crippen molar-refractivity contribution < 1.29 is 23.9 Å². The highest BCUT2D eigenvalue weighted by atomic mass is 16.5. The molecule has 1 spiro atoms. The zero-order chi connectivity index (χ0) is 31.5. The van der Waals surface area contributed by atoms with E-state index >= 15 is 0 Å². The first-order chi connectivity index (χ1) is 21.2. The Morgan fingerprint density at radius 2 is 1.89 bits per heavy atom. The third-order valence-electron chi connectivity index (χ3n) is 8.94. The second-order valence-electron chi connectivity index (χ2n) is 12.2. The number of nitrogens with one attached hydrogen (secondary N) is 3. The predicted octanol–water partition coefficient (Wildman–Crippen LogP) is 0.752. The molecule has 4 amide bonds. The normalized spacial score (nSPS) is 25.2. The van der Waals surface area contributed by atoms with Gasteiger partial charge in [0.05, 0.1) is 5.41 Å². The number of allylic oxidation sites excluding steroid dienone is 2. The van der Waals surface area contributed by atoms with Gasteiger partial charge in [0.1, 0.15) is 12.1 Å². The fraction of sp³-hybridized carbons (Fsp3) is 0.594. The SMILES string of the molecule is CC(=O)N[C@H](CCCN=C(N)N)C(=O)N1CC[C@@H]2NC(=O)[C@H](Cc3ccccc3)NC(=O)C3(C/C=C/C[C@H]2C1)CCOCC3. The van der Waals surface area contributed by atoms with Crippen molar-refractivity contribution in [2.75, 3.05) is 32.8 Å². The fourth-order valence-electron chi connectivity index (χ4n) is 6.41. The summed E-state index contributed by atoms with van der Waals surface area (Å²) in [4.78, 5) is 58.9. The molecule has 1 aromatic rings. The Hall–Kier alpha value is -3.93. The number of guanidine groups is 1. The van der Waals surface area contributed by atoms with Crippen molar-refractivity contribution in [2.45, 2.75) is 76.4 Å². The molecule has 240 valence electrons. The lowest BCUT2D eigenvalue weighted by Gasteiger charge is -2.41. The van der Waals surface area contributed by atoms with Gasteiger partial charge in [-0.2, -0.15) is 0 Å². The summed E-state index contributed by atoms with van der Waals surface area (Å²) < 4.78 is 5.59. The third-order valence-corrected chi connectivity index (χ3v) is 8.94. The molecule has 4 atom stereocenters. The lowest BCUT2D eigenvalue weighted by molar-refractivity contribution is -0.141. The van der Waals surface area contributed by atoms with Crippen LogP contribution in [0.2, 0.25) is 0 Å². The van der Waals surface area contributed by atoms with E-state index in [1.807, 2.05) is 30.3 Å². The lowest BCUT2D eigenvalue weighted by Crippen LogP contribution is -2.59. The second-order valence-corrected chi connectivity index (χ2v) is 12.2. The second kappa shape index (κ2) is 15.7. The van der Waals surface area contributed by atoms with Crippen molar-refractivity contribution in [1.29, 1.82) is 0 Å². The molecule has 0 radical (unpaired) electrons. The molecule has 12 nitrogen and oxygen atoms in total. The van der Waals surface area contributed by atoms with Crippen LogP contribution in [0.1, 0.15) is 57.4 Å². The van der Waals surface area contributed by atoms with Gasteiger partial charge in [-0.3, -0.25) is 24.2 Å². The summed E-state index contributed by atoms with van der Waals surface area (Å²) in [6.45, 7) is 3.63. The Labute approximate surface area is 259 Å². The molecule has 0 aliphatic carbocycles. The average Bonchev–Trinajstić information content (AvgIpc) is 3.01. The van der Waals surface area contributed by atoms with Crippen LogP contribution in [0.4, 0.5) is 0 Å². The minimum atomic E-state index is -0.734. The fourth-order valence-corrected chi connectivity index (χ4v) is 6.41. The predicted molar refractivity (Wildman–Crippen MR) is 167 cm³/mol. The van der Waals surface area contributed by atoms with Gasteiger partial charge in [-0.1, -0.05) is 42.5 Å². The average molecular weight is 610 g/mol. The smallest absolute Gasteiger partial charge is 0.245 e. The van der Waals surface area contributed by atoms with E-state index in [4.69, 9.17) is 16.2 Å². The van der Waals surface area contributed by atoms with Crippen LogP contribution in [0.5, 0.6) is 0 Å². The van der Waals surface area contributed by atoms with E-state index in [1.54, 1.807) is 4.90 Å². The van der Waals surface area contributed by atoms with Crippen LogP contribution in [0.25, 0.3) is 0 Å². The maximum absolute atomic E-state index is 13.8. The van der Waals surface area contributed by atoms with E-state index in [0.717, 1.165) is 5.56 Å². The molecule has 2 fully saturated rings. The van der Waals surface area contributed by atoms with Crippen LogP contribution < -0.4 is 27.4 Å². The lowest BCUT2D eigenvalue weighted by atomic mass is 9.75. The number of carbonyl (C=O) groups is 4. The minimum Gasteiger partial charge on any atom is -0.381 e. The molecule has 7 N–H and O–H groups in total. The Morgan fingerprint density at radius 3 is 2.59 bits per heavy atom. The quantitative estimate of drug-likeness (QED) is 0.125. The number of hydrogen-bond donors (Lipinski definition) is 5. The molecule has 3 aliphatic rings. The molecule has 0 aromatic heterocycles. The zero-order valence-electron chi connectivity index (χ0n) is 25.6. The number of likely N-dealkylation sites (tertiary alicyclic amines) is 1. The number of benzene rings is 1. The van der Waals surface area contributed by atoms with Crippen LogP contribution in [-0.2, 0) is 30.3 Å². The molecular weight excluding hydrogens is 562 g/mol. The van der Waals surface area contributed by atoms with Gasteiger partial charge in [0.15, 0.2) is 5.96 Å². The van der Waals surface area contributed by atoms with E-state index in [-0.39, 0.29) is 41.5 Å². The molecule has 0 saturated carbocycles. The van der Waals surface area contributed by atoms with E-state index in [0.29, 0.717) is 84.2 Å². The van der Waals surface area contributed by atoms with Gasteiger partial charge in [-0.05, 0) is 50.5 Å². The zero-order valence-corrected chi connectivity index (χ0v) is 25.6. The highest BCUT2D eigenvalue weighted by molar-refractivity contribution is 5.91. The Balaban J connectivity index is 1.53. The third kappa shape index (κ3) is 9.04. The summed E-state index contributed by atoms with van der Waals surface area (Å²) in [6.07, 6.45) is 8.40. The van der Waals surface area contributed by atoms with E-state index in [9.17, 15) is 19.2 Å². The largest absolute Gasteiger partial charge is 0.381 e. The first-order valence-electron chi connectivity index (χ1n) is 15.7.